The van der Waals surface area contributed by atoms with Crippen LogP contribution in [0.1, 0.15) is 27.3 Å². The van der Waals surface area contributed by atoms with Gasteiger partial charge in [-0.25, -0.2) is 4.79 Å². The van der Waals surface area contributed by atoms with E-state index in [2.05, 4.69) is 10.3 Å². The number of alkyl halides is 3. The van der Waals surface area contributed by atoms with Gasteiger partial charge in [0.2, 0.25) is 0 Å². The van der Waals surface area contributed by atoms with Crippen molar-refractivity contribution < 1.29 is 32.0 Å². The van der Waals surface area contributed by atoms with Crippen LogP contribution in [0.2, 0.25) is 0 Å². The molecule has 7 nitrogen and oxygen atoms in total. The van der Waals surface area contributed by atoms with Crippen molar-refractivity contribution in [2.45, 2.75) is 12.6 Å². The first-order valence-corrected chi connectivity index (χ1v) is 10.9. The minimum Gasteiger partial charge on any atom is -0.472 e. The van der Waals surface area contributed by atoms with E-state index in [1.165, 1.54) is 12.3 Å². The van der Waals surface area contributed by atoms with Crippen molar-refractivity contribution in [2.24, 2.45) is 0 Å². The van der Waals surface area contributed by atoms with E-state index >= 15 is 0 Å². The first-order chi connectivity index (χ1) is 17.3. The van der Waals surface area contributed by atoms with Gasteiger partial charge in [-0.05, 0) is 41.5 Å². The third-order valence-electron chi connectivity index (χ3n) is 5.66. The Bertz CT molecular complexity index is 1470. The lowest BCUT2D eigenvalue weighted by molar-refractivity contribution is -0.199. The van der Waals surface area contributed by atoms with Crippen LogP contribution in [-0.2, 0) is 11.2 Å². The third kappa shape index (κ3) is 4.52. The van der Waals surface area contributed by atoms with Crippen LogP contribution in [0.25, 0.3) is 34.5 Å². The number of nitrogens with one attached hydrogen (secondary N) is 1. The van der Waals surface area contributed by atoms with Gasteiger partial charge < -0.3 is 14.6 Å². The third-order valence-corrected chi connectivity index (χ3v) is 5.66. The van der Waals surface area contributed by atoms with Crippen LogP contribution in [0.15, 0.2) is 71.7 Å². The van der Waals surface area contributed by atoms with Crippen LogP contribution in [0.3, 0.4) is 0 Å². The molecule has 1 amide bonds. The molecular weight excluding hydrogens is 475 g/mol. The molecule has 5 rings (SSSR count). The monoisotopic (exact) mass is 493 g/mol. The molecule has 10 heteroatoms. The highest BCUT2D eigenvalue weighted by Gasteiger charge is 2.43. The van der Waals surface area contributed by atoms with E-state index in [1.54, 1.807) is 30.7 Å². The van der Waals surface area contributed by atoms with Crippen molar-refractivity contribution >= 4 is 24.0 Å². The summed E-state index contributed by atoms with van der Waals surface area (Å²) in [4.78, 5) is 33.0. The molecule has 1 aromatic carbocycles. The maximum absolute atomic E-state index is 13.0. The highest BCUT2D eigenvalue weighted by atomic mass is 19.4. The second-order valence-corrected chi connectivity index (χ2v) is 7.97. The molecule has 0 unspecified atom stereocenters. The Labute approximate surface area is 202 Å². The zero-order valence-electron chi connectivity index (χ0n) is 18.6. The van der Waals surface area contributed by atoms with E-state index in [1.807, 2.05) is 36.4 Å². The zero-order valence-corrected chi connectivity index (χ0v) is 18.6. The molecule has 0 spiro atoms. The summed E-state index contributed by atoms with van der Waals surface area (Å²) in [7, 11) is 0. The molecular formula is C26H18F3N3O4. The summed E-state index contributed by atoms with van der Waals surface area (Å²) in [6.07, 6.45) is 3.33. The van der Waals surface area contributed by atoms with Gasteiger partial charge in [-0.3, -0.25) is 9.78 Å². The van der Waals surface area contributed by atoms with Crippen LogP contribution in [0, 0.1) is 0 Å². The fraction of sp³-hybridized carbons (Fsp3) is 0.115. The van der Waals surface area contributed by atoms with Gasteiger partial charge in [0.1, 0.15) is 0 Å². The molecule has 0 bridgehead atoms. The van der Waals surface area contributed by atoms with E-state index in [0.717, 1.165) is 21.4 Å². The average molecular weight is 493 g/mol. The van der Waals surface area contributed by atoms with Gasteiger partial charge in [-0.2, -0.15) is 17.9 Å². The number of benzene rings is 1. The van der Waals surface area contributed by atoms with Gasteiger partial charge in [-0.1, -0.05) is 30.3 Å². The maximum Gasteiger partial charge on any atom is 0.493 e. The van der Waals surface area contributed by atoms with E-state index in [4.69, 9.17) is 9.25 Å². The summed E-state index contributed by atoms with van der Waals surface area (Å²) >= 11 is 0. The number of fused-ring (bicyclic) bond motifs is 1. The molecule has 182 valence electrons. The van der Waals surface area contributed by atoms with Crippen molar-refractivity contribution in [3.05, 3.63) is 89.8 Å². The van der Waals surface area contributed by atoms with Crippen LogP contribution >= 0.6 is 0 Å². The van der Waals surface area contributed by atoms with Gasteiger partial charge in [0.25, 0.3) is 5.91 Å². The van der Waals surface area contributed by atoms with Crippen molar-refractivity contribution in [3.63, 3.8) is 0 Å². The number of carbonyl (C=O) groups excluding carboxylic acids is 2. The van der Waals surface area contributed by atoms with Crippen LogP contribution in [0.5, 0.6) is 0 Å². The van der Waals surface area contributed by atoms with Gasteiger partial charge in [-0.15, -0.1) is 0 Å². The van der Waals surface area contributed by atoms with Crippen molar-refractivity contribution in [3.8, 4) is 22.4 Å². The Hall–Kier alpha value is -4.60. The topological polar surface area (TPSA) is 86.4 Å². The summed E-state index contributed by atoms with van der Waals surface area (Å²) < 4.78 is 44.8. The number of pyridine rings is 1. The molecule has 1 N–H and O–H groups in total. The number of aromatic nitrogens is 2. The fourth-order valence-corrected chi connectivity index (χ4v) is 3.99. The standard InChI is InChI=1S/C26H18F3N3O4/c27-26(28,29)25(34)36-32-22-8-11-31-24(33)21(22)14-23(32)17-7-10-30-19(13-17)6-5-16-3-1-2-4-20(16)18-9-12-35-15-18/h1-7,9-10,12-15H,8,11H2,(H,31,33)/b6-5+. The average Bonchev–Trinajstić information content (AvgIpc) is 3.52. The fourth-order valence-electron chi connectivity index (χ4n) is 3.99. The summed E-state index contributed by atoms with van der Waals surface area (Å²) in [6, 6.07) is 14.1. The van der Waals surface area contributed by atoms with Crippen LogP contribution in [0.4, 0.5) is 13.2 Å². The Morgan fingerprint density at radius 2 is 1.92 bits per heavy atom. The first kappa shape index (κ1) is 23.2. The molecule has 4 heterocycles. The zero-order chi connectivity index (χ0) is 25.3. The normalized spacial score (nSPS) is 13.5. The van der Waals surface area contributed by atoms with Crippen molar-refractivity contribution in [1.29, 1.82) is 0 Å². The van der Waals surface area contributed by atoms with E-state index in [0.29, 0.717) is 11.3 Å². The maximum atomic E-state index is 13.0. The highest BCUT2D eigenvalue weighted by Crippen LogP contribution is 2.30. The molecule has 0 aliphatic carbocycles. The van der Waals surface area contributed by atoms with Gasteiger partial charge >= 0.3 is 12.1 Å². The lowest BCUT2D eigenvalue weighted by Gasteiger charge is -2.17. The van der Waals surface area contributed by atoms with E-state index in [9.17, 15) is 22.8 Å². The van der Waals surface area contributed by atoms with E-state index < -0.39 is 18.1 Å². The number of amides is 1. The minimum atomic E-state index is -5.19. The Balaban J connectivity index is 1.52. The van der Waals surface area contributed by atoms with Gasteiger partial charge in [0.05, 0.1) is 35.2 Å². The molecule has 4 aromatic rings. The summed E-state index contributed by atoms with van der Waals surface area (Å²) in [5.74, 6) is -2.83. The molecule has 36 heavy (non-hydrogen) atoms. The summed E-state index contributed by atoms with van der Waals surface area (Å²) in [5.41, 5.74) is 4.15. The Morgan fingerprint density at radius 3 is 2.69 bits per heavy atom. The molecule has 3 aromatic heterocycles. The molecule has 1 aliphatic rings. The smallest absolute Gasteiger partial charge is 0.472 e. The Kier molecular flexibility index (Phi) is 5.93. The molecule has 0 atom stereocenters. The lowest BCUT2D eigenvalue weighted by atomic mass is 10.0. The second-order valence-electron chi connectivity index (χ2n) is 7.97. The Morgan fingerprint density at radius 1 is 1.08 bits per heavy atom. The predicted octanol–water partition coefficient (Wildman–Crippen LogP) is 4.78. The molecule has 0 saturated heterocycles. The number of furan rings is 1. The molecule has 0 radical (unpaired) electrons. The number of nitrogens with zero attached hydrogens (tertiary/aromatic N) is 2. The quantitative estimate of drug-likeness (QED) is 0.432. The number of halogens is 3. The predicted molar refractivity (Wildman–Crippen MR) is 124 cm³/mol. The van der Waals surface area contributed by atoms with Gasteiger partial charge in [0.15, 0.2) is 0 Å². The summed E-state index contributed by atoms with van der Waals surface area (Å²) in [6.45, 7) is 0.208. The van der Waals surface area contributed by atoms with Gasteiger partial charge in [0, 0.05) is 30.3 Å². The number of carbonyl (C=O) groups is 2. The largest absolute Gasteiger partial charge is 0.493 e. The molecule has 0 saturated carbocycles. The second kappa shape index (κ2) is 9.21. The number of hydrogen-bond acceptors (Lipinski definition) is 5. The number of rotatable bonds is 5. The van der Waals surface area contributed by atoms with E-state index in [-0.39, 0.29) is 29.9 Å². The van der Waals surface area contributed by atoms with Crippen LogP contribution < -0.4 is 10.2 Å². The minimum absolute atomic E-state index is 0.130. The number of hydrogen-bond donors (Lipinski definition) is 1. The highest BCUT2D eigenvalue weighted by molar-refractivity contribution is 5.98. The molecule has 0 fully saturated rings. The lowest BCUT2D eigenvalue weighted by Crippen LogP contribution is -2.37. The van der Waals surface area contributed by atoms with Crippen molar-refractivity contribution in [1.82, 2.24) is 15.0 Å². The van der Waals surface area contributed by atoms with Crippen LogP contribution in [-0.4, -0.2) is 34.3 Å². The molecule has 1 aliphatic heterocycles. The van der Waals surface area contributed by atoms with Crippen molar-refractivity contribution in [2.75, 3.05) is 6.54 Å². The SMILES string of the molecule is O=C1NCCc2c1cc(-c1ccnc(/C=C/c3ccccc3-c3ccoc3)c1)n2OC(=O)C(F)(F)F. The first-order valence-electron chi connectivity index (χ1n) is 10.9. The summed E-state index contributed by atoms with van der Waals surface area (Å²) in [5, 5.41) is 2.64.